The van der Waals surface area contributed by atoms with Crippen molar-refractivity contribution in [2.45, 2.75) is 38.5 Å². The van der Waals surface area contributed by atoms with Crippen LogP contribution in [-0.4, -0.2) is 25.8 Å². The number of rotatable bonds is 7. The van der Waals surface area contributed by atoms with Crippen molar-refractivity contribution in [1.82, 2.24) is 0 Å². The predicted molar refractivity (Wildman–Crippen MR) is 62.8 cm³/mol. The Morgan fingerprint density at radius 1 is 0.786 bits per heavy atom. The maximum absolute atomic E-state index is 5.57. The van der Waals surface area contributed by atoms with Gasteiger partial charge in [-0.1, -0.05) is 12.8 Å². The molecule has 4 nitrogen and oxygen atoms in total. The Morgan fingerprint density at radius 3 is 1.43 bits per heavy atom. The molecule has 0 rings (SSSR count). The molecule has 0 aliphatic heterocycles. The Kier molecular flexibility index (Phi) is 7.89. The first kappa shape index (κ1) is 12.9. The van der Waals surface area contributed by atoms with Crippen LogP contribution >= 0.6 is 0 Å². The fourth-order valence-corrected chi connectivity index (χ4v) is 1.19. The molecule has 0 aliphatic carbocycles. The lowest BCUT2D eigenvalue weighted by Crippen LogP contribution is -2.11. The average molecular weight is 198 g/mol. The van der Waals surface area contributed by atoms with Crippen molar-refractivity contribution in [3.05, 3.63) is 0 Å². The molecule has 0 bridgehead atoms. The Bertz CT molecular complexity index is 174. The van der Waals surface area contributed by atoms with Crippen LogP contribution in [0.3, 0.4) is 0 Å². The number of nitrogens with two attached hydrogens (primary N) is 2. The molecule has 0 saturated heterocycles. The van der Waals surface area contributed by atoms with Crippen LogP contribution in [0.1, 0.15) is 38.5 Å². The average Bonchev–Trinajstić information content (AvgIpc) is 2.22. The zero-order valence-corrected chi connectivity index (χ0v) is 9.29. The predicted octanol–water partition coefficient (Wildman–Crippen LogP) is 1.30. The van der Waals surface area contributed by atoms with Gasteiger partial charge in [-0.25, -0.2) is 0 Å². The van der Waals surface area contributed by atoms with E-state index in [0.717, 1.165) is 37.4 Å². The molecule has 0 amide bonds. The fraction of sp³-hybridized carbons (Fsp3) is 0.800. The summed E-state index contributed by atoms with van der Waals surface area (Å²) in [5.41, 5.74) is 11.1. The normalized spacial score (nSPS) is 13.3. The molecule has 0 aromatic carbocycles. The van der Waals surface area contributed by atoms with Crippen molar-refractivity contribution in [2.24, 2.45) is 21.5 Å². The van der Waals surface area contributed by atoms with Crippen LogP contribution in [0.25, 0.3) is 0 Å². The van der Waals surface area contributed by atoms with E-state index in [1.54, 1.807) is 14.1 Å². The van der Waals surface area contributed by atoms with Crippen molar-refractivity contribution in [3.63, 3.8) is 0 Å². The van der Waals surface area contributed by atoms with Gasteiger partial charge in [-0.05, 0) is 12.8 Å². The van der Waals surface area contributed by atoms with Gasteiger partial charge in [0.15, 0.2) is 0 Å². The quantitative estimate of drug-likeness (QED) is 0.367. The molecule has 0 aromatic rings. The molecule has 14 heavy (non-hydrogen) atoms. The molecule has 0 aliphatic rings. The third-order valence-corrected chi connectivity index (χ3v) is 2.19. The minimum atomic E-state index is 0.750. The Morgan fingerprint density at radius 2 is 1.14 bits per heavy atom. The van der Waals surface area contributed by atoms with Gasteiger partial charge < -0.3 is 11.5 Å². The number of unbranched alkanes of at least 4 members (excludes halogenated alkanes) is 3. The Labute approximate surface area is 86.5 Å². The molecule has 0 aromatic heterocycles. The van der Waals surface area contributed by atoms with Gasteiger partial charge in [0, 0.05) is 26.9 Å². The monoisotopic (exact) mass is 198 g/mol. The van der Waals surface area contributed by atoms with Crippen LogP contribution in [0, 0.1) is 0 Å². The minimum Gasteiger partial charge on any atom is -0.387 e. The van der Waals surface area contributed by atoms with E-state index < -0.39 is 0 Å². The van der Waals surface area contributed by atoms with Crippen molar-refractivity contribution >= 4 is 11.7 Å². The Hall–Kier alpha value is -1.06. The van der Waals surface area contributed by atoms with Crippen LogP contribution in [0.4, 0.5) is 0 Å². The van der Waals surface area contributed by atoms with E-state index in [0.29, 0.717) is 0 Å². The maximum atomic E-state index is 5.57. The zero-order valence-electron chi connectivity index (χ0n) is 9.29. The second-order valence-corrected chi connectivity index (χ2v) is 3.34. The summed E-state index contributed by atoms with van der Waals surface area (Å²) in [5, 5.41) is 0. The van der Waals surface area contributed by atoms with E-state index in [-0.39, 0.29) is 0 Å². The van der Waals surface area contributed by atoms with Gasteiger partial charge >= 0.3 is 0 Å². The van der Waals surface area contributed by atoms with Gasteiger partial charge in [0.25, 0.3) is 0 Å². The van der Waals surface area contributed by atoms with Crippen LogP contribution < -0.4 is 11.5 Å². The summed E-state index contributed by atoms with van der Waals surface area (Å²) in [4.78, 5) is 7.81. The van der Waals surface area contributed by atoms with E-state index in [4.69, 9.17) is 11.5 Å². The summed E-state index contributed by atoms with van der Waals surface area (Å²) in [7, 11) is 3.46. The molecule has 0 unspecified atom stereocenters. The highest BCUT2D eigenvalue weighted by atomic mass is 14.8. The Balaban J connectivity index is 3.22. The molecule has 4 N–H and O–H groups in total. The van der Waals surface area contributed by atoms with Crippen LogP contribution in [0.15, 0.2) is 9.98 Å². The lowest BCUT2D eigenvalue weighted by molar-refractivity contribution is 0.664. The smallest absolute Gasteiger partial charge is 0.0933 e. The standard InChI is InChI=1S/C10H22N4/c1-13-9(11)7-5-3-4-6-8-10(12)14-2/h3-8H2,1-2H3,(H2,11,13)(H2,12,14). The highest BCUT2D eigenvalue weighted by molar-refractivity contribution is 5.80. The molecule has 0 atom stereocenters. The van der Waals surface area contributed by atoms with Gasteiger partial charge in [-0.3, -0.25) is 9.98 Å². The first-order chi connectivity index (χ1) is 6.70. The molecule has 0 heterocycles. The molecule has 0 spiro atoms. The van der Waals surface area contributed by atoms with Crippen molar-refractivity contribution in [2.75, 3.05) is 14.1 Å². The number of nitrogens with zero attached hydrogens (tertiary/aromatic N) is 2. The van der Waals surface area contributed by atoms with E-state index in [2.05, 4.69) is 9.98 Å². The van der Waals surface area contributed by atoms with E-state index in [9.17, 15) is 0 Å². The lowest BCUT2D eigenvalue weighted by Gasteiger charge is -2.01. The summed E-state index contributed by atoms with van der Waals surface area (Å²) in [6.07, 6.45) is 6.43. The highest BCUT2D eigenvalue weighted by Crippen LogP contribution is 2.05. The highest BCUT2D eigenvalue weighted by Gasteiger charge is 1.94. The largest absolute Gasteiger partial charge is 0.387 e. The number of hydrogen-bond acceptors (Lipinski definition) is 2. The summed E-state index contributed by atoms with van der Waals surface area (Å²) >= 11 is 0. The fourth-order valence-electron chi connectivity index (χ4n) is 1.19. The van der Waals surface area contributed by atoms with Crippen LogP contribution in [-0.2, 0) is 0 Å². The summed E-state index contributed by atoms with van der Waals surface area (Å²) in [5.74, 6) is 1.50. The van der Waals surface area contributed by atoms with Crippen molar-refractivity contribution in [3.8, 4) is 0 Å². The van der Waals surface area contributed by atoms with Gasteiger partial charge in [0.2, 0.25) is 0 Å². The third kappa shape index (κ3) is 7.58. The van der Waals surface area contributed by atoms with Gasteiger partial charge in [0.05, 0.1) is 11.7 Å². The lowest BCUT2D eigenvalue weighted by atomic mass is 10.1. The third-order valence-electron chi connectivity index (χ3n) is 2.19. The summed E-state index contributed by atoms with van der Waals surface area (Å²) in [6.45, 7) is 0. The molecule has 0 fully saturated rings. The first-order valence-electron chi connectivity index (χ1n) is 5.13. The second-order valence-electron chi connectivity index (χ2n) is 3.34. The van der Waals surface area contributed by atoms with E-state index in [1.807, 2.05) is 0 Å². The number of amidine groups is 2. The summed E-state index contributed by atoms with van der Waals surface area (Å²) < 4.78 is 0. The number of aliphatic imine (C=N–C) groups is 2. The van der Waals surface area contributed by atoms with Gasteiger partial charge in [-0.15, -0.1) is 0 Å². The SMILES string of the molecule is CN=C(N)CCCCCCC(N)=NC. The maximum Gasteiger partial charge on any atom is 0.0933 e. The first-order valence-corrected chi connectivity index (χ1v) is 5.13. The molecule has 0 saturated carbocycles. The topological polar surface area (TPSA) is 76.8 Å². The van der Waals surface area contributed by atoms with Crippen molar-refractivity contribution in [1.29, 1.82) is 0 Å². The summed E-state index contributed by atoms with van der Waals surface area (Å²) in [6, 6.07) is 0. The molecule has 4 heteroatoms. The second kappa shape index (κ2) is 8.53. The molecular weight excluding hydrogens is 176 g/mol. The van der Waals surface area contributed by atoms with E-state index >= 15 is 0 Å². The van der Waals surface area contributed by atoms with Gasteiger partial charge in [0.1, 0.15) is 0 Å². The molecule has 82 valence electrons. The minimum absolute atomic E-state index is 0.750. The van der Waals surface area contributed by atoms with Crippen LogP contribution in [0.5, 0.6) is 0 Å². The van der Waals surface area contributed by atoms with Crippen LogP contribution in [0.2, 0.25) is 0 Å². The number of hydrogen-bond donors (Lipinski definition) is 2. The molecule has 0 radical (unpaired) electrons. The molecular formula is C10H22N4. The van der Waals surface area contributed by atoms with Gasteiger partial charge in [-0.2, -0.15) is 0 Å². The van der Waals surface area contributed by atoms with E-state index in [1.165, 1.54) is 12.8 Å². The zero-order chi connectivity index (χ0) is 10.8. The van der Waals surface area contributed by atoms with Crippen molar-refractivity contribution < 1.29 is 0 Å².